The number of hydrogen-bond donors (Lipinski definition) is 0. The van der Waals surface area contributed by atoms with E-state index >= 15 is 0 Å². The SMILES string of the molecule is COCCCC(CCl)Cc1ccc(Cl)cc1. The van der Waals surface area contributed by atoms with Crippen LogP contribution >= 0.6 is 23.2 Å². The van der Waals surface area contributed by atoms with Crippen LogP contribution in [0.3, 0.4) is 0 Å². The highest BCUT2D eigenvalue weighted by Crippen LogP contribution is 2.17. The number of methoxy groups -OCH3 is 1. The molecular weight excluding hydrogens is 243 g/mol. The van der Waals surface area contributed by atoms with Crippen LogP contribution in [0.2, 0.25) is 5.02 Å². The second kappa shape index (κ2) is 7.94. The average Bonchev–Trinajstić information content (AvgIpc) is 2.31. The summed E-state index contributed by atoms with van der Waals surface area (Å²) in [4.78, 5) is 0. The lowest BCUT2D eigenvalue weighted by Crippen LogP contribution is -2.07. The summed E-state index contributed by atoms with van der Waals surface area (Å²) in [5, 5.41) is 0.783. The van der Waals surface area contributed by atoms with Gasteiger partial charge in [0.25, 0.3) is 0 Å². The minimum atomic E-state index is 0.526. The number of halogens is 2. The van der Waals surface area contributed by atoms with Gasteiger partial charge in [-0.2, -0.15) is 0 Å². The van der Waals surface area contributed by atoms with Crippen molar-refractivity contribution in [3.63, 3.8) is 0 Å². The second-order valence-electron chi connectivity index (χ2n) is 3.99. The van der Waals surface area contributed by atoms with Gasteiger partial charge in [-0.05, 0) is 42.9 Å². The van der Waals surface area contributed by atoms with Gasteiger partial charge in [0.15, 0.2) is 0 Å². The summed E-state index contributed by atoms with van der Waals surface area (Å²) in [5.41, 5.74) is 1.30. The molecule has 0 aliphatic heterocycles. The fourth-order valence-corrected chi connectivity index (χ4v) is 2.09. The third-order valence-corrected chi connectivity index (χ3v) is 3.31. The molecule has 1 atom stereocenters. The summed E-state index contributed by atoms with van der Waals surface area (Å²) >= 11 is 11.8. The molecule has 16 heavy (non-hydrogen) atoms. The van der Waals surface area contributed by atoms with Crippen molar-refractivity contribution in [1.82, 2.24) is 0 Å². The number of benzene rings is 1. The van der Waals surface area contributed by atoms with Gasteiger partial charge in [0.05, 0.1) is 0 Å². The molecule has 1 aromatic carbocycles. The van der Waals surface area contributed by atoms with Gasteiger partial charge in [-0.25, -0.2) is 0 Å². The Morgan fingerprint density at radius 3 is 2.50 bits per heavy atom. The molecule has 0 aliphatic rings. The summed E-state index contributed by atoms with van der Waals surface area (Å²) in [6, 6.07) is 7.99. The van der Waals surface area contributed by atoms with Gasteiger partial charge in [-0.15, -0.1) is 11.6 Å². The van der Waals surface area contributed by atoms with E-state index in [0.29, 0.717) is 11.8 Å². The van der Waals surface area contributed by atoms with Gasteiger partial charge >= 0.3 is 0 Å². The highest BCUT2D eigenvalue weighted by atomic mass is 35.5. The summed E-state index contributed by atoms with van der Waals surface area (Å²) in [5.74, 6) is 1.23. The van der Waals surface area contributed by atoms with Crippen molar-refractivity contribution < 1.29 is 4.74 Å². The molecule has 0 heterocycles. The van der Waals surface area contributed by atoms with Crippen LogP contribution in [0.15, 0.2) is 24.3 Å². The maximum absolute atomic E-state index is 5.96. The first-order chi connectivity index (χ1) is 7.76. The minimum absolute atomic E-state index is 0.526. The van der Waals surface area contributed by atoms with E-state index in [4.69, 9.17) is 27.9 Å². The Morgan fingerprint density at radius 1 is 1.25 bits per heavy atom. The smallest absolute Gasteiger partial charge is 0.0462 e. The van der Waals surface area contributed by atoms with Gasteiger partial charge in [0.2, 0.25) is 0 Å². The van der Waals surface area contributed by atoms with Crippen molar-refractivity contribution in [2.75, 3.05) is 19.6 Å². The van der Waals surface area contributed by atoms with Crippen LogP contribution in [0.5, 0.6) is 0 Å². The zero-order valence-electron chi connectivity index (χ0n) is 9.59. The largest absolute Gasteiger partial charge is 0.385 e. The number of hydrogen-bond acceptors (Lipinski definition) is 1. The van der Waals surface area contributed by atoms with Crippen molar-refractivity contribution in [3.05, 3.63) is 34.9 Å². The normalized spacial score (nSPS) is 12.7. The zero-order chi connectivity index (χ0) is 11.8. The molecule has 0 amide bonds. The molecule has 1 rings (SSSR count). The molecule has 0 saturated heterocycles. The first-order valence-electron chi connectivity index (χ1n) is 5.55. The summed E-state index contributed by atoms with van der Waals surface area (Å²) in [6.45, 7) is 0.813. The standard InChI is InChI=1S/C13H18Cl2O/c1-16-8-2-3-12(10-14)9-11-4-6-13(15)7-5-11/h4-7,12H,2-3,8-10H2,1H3. The fourth-order valence-electron chi connectivity index (χ4n) is 1.70. The van der Waals surface area contributed by atoms with Gasteiger partial charge in [0, 0.05) is 24.6 Å². The highest BCUT2D eigenvalue weighted by Gasteiger charge is 2.08. The van der Waals surface area contributed by atoms with Crippen LogP contribution in [0.4, 0.5) is 0 Å². The molecule has 0 N–H and O–H groups in total. The van der Waals surface area contributed by atoms with Crippen molar-refractivity contribution in [2.24, 2.45) is 5.92 Å². The molecule has 1 aromatic rings. The molecule has 0 spiro atoms. The number of rotatable bonds is 7. The molecule has 0 aromatic heterocycles. The molecule has 0 saturated carbocycles. The Kier molecular flexibility index (Phi) is 6.86. The van der Waals surface area contributed by atoms with E-state index in [1.165, 1.54) is 5.56 Å². The van der Waals surface area contributed by atoms with Gasteiger partial charge in [-0.1, -0.05) is 23.7 Å². The van der Waals surface area contributed by atoms with E-state index < -0.39 is 0 Å². The predicted molar refractivity (Wildman–Crippen MR) is 70.5 cm³/mol. The fraction of sp³-hybridized carbons (Fsp3) is 0.538. The van der Waals surface area contributed by atoms with Gasteiger partial charge in [-0.3, -0.25) is 0 Å². The van der Waals surface area contributed by atoms with Gasteiger partial charge < -0.3 is 4.74 Å². The number of ether oxygens (including phenoxy) is 1. The lowest BCUT2D eigenvalue weighted by Gasteiger charge is -2.13. The molecule has 0 aliphatic carbocycles. The molecular formula is C13H18Cl2O. The molecule has 0 fully saturated rings. The topological polar surface area (TPSA) is 9.23 Å². The van der Waals surface area contributed by atoms with E-state index in [2.05, 4.69) is 12.1 Å². The maximum atomic E-state index is 5.96. The average molecular weight is 261 g/mol. The van der Waals surface area contributed by atoms with Crippen molar-refractivity contribution in [1.29, 1.82) is 0 Å². The lowest BCUT2D eigenvalue weighted by atomic mass is 9.97. The third-order valence-electron chi connectivity index (χ3n) is 2.62. The molecule has 0 bridgehead atoms. The summed E-state index contributed by atoms with van der Waals surface area (Å²) in [6.07, 6.45) is 3.20. The third kappa shape index (κ3) is 5.20. The molecule has 3 heteroatoms. The van der Waals surface area contributed by atoms with E-state index in [0.717, 1.165) is 30.9 Å². The Bertz CT molecular complexity index is 284. The van der Waals surface area contributed by atoms with Crippen LogP contribution in [-0.2, 0) is 11.2 Å². The highest BCUT2D eigenvalue weighted by molar-refractivity contribution is 6.30. The van der Waals surface area contributed by atoms with Gasteiger partial charge in [0.1, 0.15) is 0 Å². The summed E-state index contributed by atoms with van der Waals surface area (Å²) < 4.78 is 5.04. The van der Waals surface area contributed by atoms with E-state index in [1.54, 1.807) is 7.11 Å². The molecule has 0 radical (unpaired) electrons. The van der Waals surface area contributed by atoms with Crippen LogP contribution in [0.25, 0.3) is 0 Å². The first-order valence-corrected chi connectivity index (χ1v) is 6.47. The maximum Gasteiger partial charge on any atom is 0.0462 e. The van der Waals surface area contributed by atoms with E-state index in [9.17, 15) is 0 Å². The van der Waals surface area contributed by atoms with E-state index in [1.807, 2.05) is 12.1 Å². The quantitative estimate of drug-likeness (QED) is 0.529. The zero-order valence-corrected chi connectivity index (χ0v) is 11.1. The Balaban J connectivity index is 2.40. The van der Waals surface area contributed by atoms with E-state index in [-0.39, 0.29) is 0 Å². The number of alkyl halides is 1. The van der Waals surface area contributed by atoms with Crippen LogP contribution in [-0.4, -0.2) is 19.6 Å². The Labute approximate surface area is 108 Å². The van der Waals surface area contributed by atoms with Crippen LogP contribution < -0.4 is 0 Å². The lowest BCUT2D eigenvalue weighted by molar-refractivity contribution is 0.188. The molecule has 90 valence electrons. The molecule has 1 nitrogen and oxygen atoms in total. The Hall–Kier alpha value is -0.240. The first kappa shape index (κ1) is 13.8. The minimum Gasteiger partial charge on any atom is -0.385 e. The second-order valence-corrected chi connectivity index (χ2v) is 4.73. The van der Waals surface area contributed by atoms with Crippen molar-refractivity contribution in [3.8, 4) is 0 Å². The summed E-state index contributed by atoms with van der Waals surface area (Å²) in [7, 11) is 1.73. The van der Waals surface area contributed by atoms with Crippen molar-refractivity contribution >= 4 is 23.2 Å². The van der Waals surface area contributed by atoms with Crippen LogP contribution in [0, 0.1) is 5.92 Å². The monoisotopic (exact) mass is 260 g/mol. The Morgan fingerprint density at radius 2 is 1.94 bits per heavy atom. The van der Waals surface area contributed by atoms with Crippen molar-refractivity contribution in [2.45, 2.75) is 19.3 Å². The predicted octanol–water partition coefficient (Wildman–Crippen LogP) is 4.16. The molecule has 1 unspecified atom stereocenters. The van der Waals surface area contributed by atoms with Crippen LogP contribution in [0.1, 0.15) is 18.4 Å².